The number of aliphatic hydroxyl groups is 1. The fourth-order valence-electron chi connectivity index (χ4n) is 2.05. The number of ether oxygens (including phenoxy) is 1. The van der Waals surface area contributed by atoms with Crippen LogP contribution in [0.5, 0.6) is 5.75 Å². The predicted octanol–water partition coefficient (Wildman–Crippen LogP) is 2.42. The van der Waals surface area contributed by atoms with E-state index >= 15 is 0 Å². The molecule has 1 aromatic carbocycles. The second kappa shape index (κ2) is 6.76. The minimum atomic E-state index is -0.339. The number of nitrogens with two attached hydrogens (primary N) is 1. The molecule has 0 saturated carbocycles. The van der Waals surface area contributed by atoms with Gasteiger partial charge in [0.05, 0.1) is 6.61 Å². The number of hydrogen-bond donors (Lipinski definition) is 2. The van der Waals surface area contributed by atoms with Crippen LogP contribution in [0.1, 0.15) is 31.4 Å². The quantitative estimate of drug-likeness (QED) is 0.816. The van der Waals surface area contributed by atoms with Gasteiger partial charge >= 0.3 is 0 Å². The fourth-order valence-corrected chi connectivity index (χ4v) is 2.05. The molecule has 0 radical (unpaired) electrons. The largest absolute Gasteiger partial charge is 0.486 e. The number of rotatable bonds is 6. The molecule has 3 nitrogen and oxygen atoms in total. The van der Waals surface area contributed by atoms with Gasteiger partial charge in [0.1, 0.15) is 11.9 Å². The maximum atomic E-state index is 9.41. The van der Waals surface area contributed by atoms with E-state index in [4.69, 9.17) is 10.5 Å². The van der Waals surface area contributed by atoms with Gasteiger partial charge in [-0.3, -0.25) is 0 Å². The second-order valence-corrected chi connectivity index (χ2v) is 5.40. The van der Waals surface area contributed by atoms with Gasteiger partial charge < -0.3 is 15.6 Å². The molecule has 0 fully saturated rings. The van der Waals surface area contributed by atoms with Gasteiger partial charge in [0.15, 0.2) is 0 Å². The molecule has 1 rings (SSSR count). The lowest BCUT2D eigenvalue weighted by molar-refractivity contribution is 0.0876. The standard InChI is InChI=1S/C15H25NO2/c1-10(2)7-13(16)15(9-17)18-14-6-5-11(3)8-12(14)4/h5-6,8,10,13,15,17H,7,9,16H2,1-4H3. The first-order chi connectivity index (χ1) is 8.43. The summed E-state index contributed by atoms with van der Waals surface area (Å²) in [4.78, 5) is 0. The van der Waals surface area contributed by atoms with Crippen molar-refractivity contribution in [1.29, 1.82) is 0 Å². The second-order valence-electron chi connectivity index (χ2n) is 5.40. The zero-order valence-corrected chi connectivity index (χ0v) is 11.8. The summed E-state index contributed by atoms with van der Waals surface area (Å²) in [6.45, 7) is 8.23. The van der Waals surface area contributed by atoms with Gasteiger partial charge in [0.25, 0.3) is 0 Å². The first-order valence-corrected chi connectivity index (χ1v) is 6.54. The minimum Gasteiger partial charge on any atom is -0.486 e. The molecule has 102 valence electrons. The van der Waals surface area contributed by atoms with Gasteiger partial charge in [-0.25, -0.2) is 0 Å². The van der Waals surface area contributed by atoms with Gasteiger partial charge in [-0.1, -0.05) is 31.5 Å². The Kier molecular flexibility index (Phi) is 5.63. The van der Waals surface area contributed by atoms with Crippen LogP contribution in [0, 0.1) is 19.8 Å². The SMILES string of the molecule is Cc1ccc(OC(CO)C(N)CC(C)C)c(C)c1. The van der Waals surface area contributed by atoms with E-state index in [1.807, 2.05) is 26.0 Å². The summed E-state index contributed by atoms with van der Waals surface area (Å²) in [5, 5.41) is 9.41. The monoisotopic (exact) mass is 251 g/mol. The van der Waals surface area contributed by atoms with Crippen molar-refractivity contribution in [1.82, 2.24) is 0 Å². The molecule has 2 unspecified atom stereocenters. The molecule has 0 saturated heterocycles. The molecule has 0 heterocycles. The molecule has 0 aliphatic rings. The Morgan fingerprint density at radius 2 is 1.94 bits per heavy atom. The lowest BCUT2D eigenvalue weighted by Crippen LogP contribution is -2.42. The molecule has 0 bridgehead atoms. The number of aryl methyl sites for hydroxylation is 2. The van der Waals surface area contributed by atoms with E-state index in [-0.39, 0.29) is 18.8 Å². The van der Waals surface area contributed by atoms with Crippen molar-refractivity contribution < 1.29 is 9.84 Å². The lowest BCUT2D eigenvalue weighted by atomic mass is 10.00. The van der Waals surface area contributed by atoms with E-state index in [2.05, 4.69) is 19.9 Å². The van der Waals surface area contributed by atoms with Crippen molar-refractivity contribution >= 4 is 0 Å². The number of aliphatic hydroxyl groups excluding tert-OH is 1. The first kappa shape index (κ1) is 15.0. The summed E-state index contributed by atoms with van der Waals surface area (Å²) in [6.07, 6.45) is 0.504. The zero-order chi connectivity index (χ0) is 13.7. The Hall–Kier alpha value is -1.06. The summed E-state index contributed by atoms with van der Waals surface area (Å²) in [6, 6.07) is 5.87. The Morgan fingerprint density at radius 1 is 1.28 bits per heavy atom. The highest BCUT2D eigenvalue weighted by Crippen LogP contribution is 2.21. The Morgan fingerprint density at radius 3 is 2.44 bits per heavy atom. The fraction of sp³-hybridized carbons (Fsp3) is 0.600. The van der Waals surface area contributed by atoms with Gasteiger partial charge in [0, 0.05) is 6.04 Å². The molecule has 0 spiro atoms. The molecule has 2 atom stereocenters. The van der Waals surface area contributed by atoms with E-state index in [0.29, 0.717) is 5.92 Å². The minimum absolute atomic E-state index is 0.0544. The molecule has 3 N–H and O–H groups in total. The summed E-state index contributed by atoms with van der Waals surface area (Å²) in [5.74, 6) is 1.30. The lowest BCUT2D eigenvalue weighted by Gasteiger charge is -2.25. The maximum absolute atomic E-state index is 9.41. The summed E-state index contributed by atoms with van der Waals surface area (Å²) in [5.41, 5.74) is 8.35. The van der Waals surface area contributed by atoms with Crippen molar-refractivity contribution in [2.75, 3.05) is 6.61 Å². The van der Waals surface area contributed by atoms with Gasteiger partial charge in [0.2, 0.25) is 0 Å². The maximum Gasteiger partial charge on any atom is 0.137 e. The average Bonchev–Trinajstić information content (AvgIpc) is 2.27. The van der Waals surface area contributed by atoms with Gasteiger partial charge in [-0.15, -0.1) is 0 Å². The molecule has 18 heavy (non-hydrogen) atoms. The Balaban J connectivity index is 2.73. The van der Waals surface area contributed by atoms with Crippen LogP contribution in [-0.4, -0.2) is 23.9 Å². The summed E-state index contributed by atoms with van der Waals surface area (Å²) < 4.78 is 5.84. The third kappa shape index (κ3) is 4.31. The van der Waals surface area contributed by atoms with Crippen LogP contribution in [0.3, 0.4) is 0 Å². The van der Waals surface area contributed by atoms with E-state index in [1.165, 1.54) is 5.56 Å². The van der Waals surface area contributed by atoms with Crippen LogP contribution < -0.4 is 10.5 Å². The topological polar surface area (TPSA) is 55.5 Å². The highest BCUT2D eigenvalue weighted by atomic mass is 16.5. The van der Waals surface area contributed by atoms with Crippen LogP contribution in [0.4, 0.5) is 0 Å². The van der Waals surface area contributed by atoms with Crippen molar-refractivity contribution in [3.63, 3.8) is 0 Å². The molecule has 0 aliphatic heterocycles. The van der Waals surface area contributed by atoms with Crippen LogP contribution in [0.15, 0.2) is 18.2 Å². The Bertz CT molecular complexity index is 377. The van der Waals surface area contributed by atoms with Crippen molar-refractivity contribution in [2.24, 2.45) is 11.7 Å². The predicted molar refractivity (Wildman–Crippen MR) is 74.8 cm³/mol. The number of hydrogen-bond acceptors (Lipinski definition) is 3. The van der Waals surface area contributed by atoms with Crippen LogP contribution in [0.25, 0.3) is 0 Å². The van der Waals surface area contributed by atoms with E-state index in [9.17, 15) is 5.11 Å². The highest BCUT2D eigenvalue weighted by Gasteiger charge is 2.20. The zero-order valence-electron chi connectivity index (χ0n) is 11.8. The van der Waals surface area contributed by atoms with Crippen molar-refractivity contribution in [2.45, 2.75) is 46.3 Å². The molecule has 0 amide bonds. The Labute approximate surface area is 110 Å². The molecule has 0 aromatic heterocycles. The smallest absolute Gasteiger partial charge is 0.137 e. The molecule has 1 aromatic rings. The summed E-state index contributed by atoms with van der Waals surface area (Å²) >= 11 is 0. The normalized spacial score (nSPS) is 14.6. The average molecular weight is 251 g/mol. The van der Waals surface area contributed by atoms with Crippen LogP contribution in [0.2, 0.25) is 0 Å². The van der Waals surface area contributed by atoms with Gasteiger partial charge in [-0.05, 0) is 37.8 Å². The van der Waals surface area contributed by atoms with E-state index in [1.54, 1.807) is 0 Å². The van der Waals surface area contributed by atoms with Crippen LogP contribution in [-0.2, 0) is 0 Å². The molecular weight excluding hydrogens is 226 g/mol. The molecule has 3 heteroatoms. The van der Waals surface area contributed by atoms with E-state index in [0.717, 1.165) is 17.7 Å². The highest BCUT2D eigenvalue weighted by molar-refractivity contribution is 5.35. The third-order valence-electron chi connectivity index (χ3n) is 3.01. The van der Waals surface area contributed by atoms with E-state index < -0.39 is 0 Å². The molecule has 0 aliphatic carbocycles. The van der Waals surface area contributed by atoms with Gasteiger partial charge in [-0.2, -0.15) is 0 Å². The summed E-state index contributed by atoms with van der Waals surface area (Å²) in [7, 11) is 0. The third-order valence-corrected chi connectivity index (χ3v) is 3.01. The number of benzene rings is 1. The van der Waals surface area contributed by atoms with Crippen molar-refractivity contribution in [3.05, 3.63) is 29.3 Å². The molecular formula is C15H25NO2. The first-order valence-electron chi connectivity index (χ1n) is 6.54. The van der Waals surface area contributed by atoms with Crippen molar-refractivity contribution in [3.8, 4) is 5.75 Å². The van der Waals surface area contributed by atoms with Crippen LogP contribution >= 0.6 is 0 Å².